The van der Waals surface area contributed by atoms with Gasteiger partial charge in [-0.25, -0.2) is 9.97 Å². The van der Waals surface area contributed by atoms with E-state index in [2.05, 4.69) is 146 Å². The van der Waals surface area contributed by atoms with Gasteiger partial charge in [0.25, 0.3) is 0 Å². The molecule has 1 aliphatic heterocycles. The molecule has 0 saturated heterocycles. The first-order chi connectivity index (χ1) is 26.3. The van der Waals surface area contributed by atoms with Crippen LogP contribution >= 0.6 is 0 Å². The fourth-order valence-electron chi connectivity index (χ4n) is 8.46. The lowest BCUT2D eigenvalue weighted by molar-refractivity contribution is 0.359. The van der Waals surface area contributed by atoms with Crippen molar-refractivity contribution in [2.45, 2.75) is 5.41 Å². The zero-order valence-corrected chi connectivity index (χ0v) is 28.5. The minimum Gasteiger partial charge on any atom is -0.450 e. The summed E-state index contributed by atoms with van der Waals surface area (Å²) in [5.74, 6) is 3.52. The third kappa shape index (κ3) is 4.42. The predicted molar refractivity (Wildman–Crippen MR) is 212 cm³/mol. The second kappa shape index (κ2) is 11.5. The predicted octanol–water partition coefficient (Wildman–Crippen LogP) is 12.4. The molecule has 53 heavy (non-hydrogen) atoms. The van der Waals surface area contributed by atoms with E-state index in [9.17, 15) is 0 Å². The lowest BCUT2D eigenvalue weighted by Gasteiger charge is -2.34. The van der Waals surface area contributed by atoms with E-state index in [-0.39, 0.29) is 0 Å². The first-order valence-corrected chi connectivity index (χ1v) is 17.9. The Bertz CT molecular complexity index is 2850. The van der Waals surface area contributed by atoms with E-state index in [0.717, 1.165) is 49.6 Å². The van der Waals surface area contributed by atoms with Crippen molar-refractivity contribution in [2.24, 2.45) is 0 Å². The monoisotopic (exact) mass is 678 g/mol. The van der Waals surface area contributed by atoms with E-state index >= 15 is 0 Å². The first kappa shape index (κ1) is 29.7. The maximum absolute atomic E-state index is 6.48. The van der Waals surface area contributed by atoms with E-state index in [1.807, 2.05) is 36.4 Å². The number of ether oxygens (including phenoxy) is 2. The summed E-state index contributed by atoms with van der Waals surface area (Å²) in [6.07, 6.45) is 0. The first-order valence-electron chi connectivity index (χ1n) is 17.9. The molecule has 2 heterocycles. The minimum atomic E-state index is -0.614. The van der Waals surface area contributed by atoms with Crippen molar-refractivity contribution in [1.29, 1.82) is 0 Å². The maximum Gasteiger partial charge on any atom is 0.170 e. The van der Waals surface area contributed by atoms with E-state index < -0.39 is 5.41 Å². The van der Waals surface area contributed by atoms with Crippen LogP contribution in [0.3, 0.4) is 0 Å². The number of fused-ring (bicyclic) bond motifs is 8. The Morgan fingerprint density at radius 3 is 1.75 bits per heavy atom. The van der Waals surface area contributed by atoms with Crippen LogP contribution in [0.4, 0.5) is 0 Å². The zero-order valence-electron chi connectivity index (χ0n) is 28.5. The quantitative estimate of drug-likeness (QED) is 0.174. The topological polar surface area (TPSA) is 44.2 Å². The SMILES string of the molecule is c1ccc(-c2nc(-c3ccc(C4(c5ccc6c(c5)Oc5ccccc5O6)c5ccccc5-c5ccccc54)cc3)nc3c2ccc2ccccc23)cc1. The number of benzene rings is 8. The summed E-state index contributed by atoms with van der Waals surface area (Å²) >= 11 is 0. The van der Waals surface area contributed by atoms with Crippen molar-refractivity contribution >= 4 is 21.7 Å². The average Bonchev–Trinajstić information content (AvgIpc) is 3.53. The molecule has 9 aromatic rings. The number of aromatic nitrogens is 2. The van der Waals surface area contributed by atoms with Crippen molar-refractivity contribution in [3.05, 3.63) is 204 Å². The lowest BCUT2D eigenvalue weighted by Crippen LogP contribution is -2.28. The Morgan fingerprint density at radius 2 is 1.00 bits per heavy atom. The third-order valence-corrected chi connectivity index (χ3v) is 10.8. The van der Waals surface area contributed by atoms with Crippen LogP contribution in [0.5, 0.6) is 23.0 Å². The van der Waals surface area contributed by atoms with Gasteiger partial charge in [0.2, 0.25) is 0 Å². The number of hydrogen-bond acceptors (Lipinski definition) is 4. The van der Waals surface area contributed by atoms with E-state index in [1.54, 1.807) is 0 Å². The molecule has 0 amide bonds. The molecule has 1 aromatic heterocycles. The Hall–Kier alpha value is -7.04. The van der Waals surface area contributed by atoms with Gasteiger partial charge in [-0.1, -0.05) is 152 Å². The highest BCUT2D eigenvalue weighted by Crippen LogP contribution is 2.57. The van der Waals surface area contributed by atoms with Crippen molar-refractivity contribution in [3.8, 4) is 56.8 Å². The molecule has 0 atom stereocenters. The van der Waals surface area contributed by atoms with Gasteiger partial charge in [-0.05, 0) is 69.1 Å². The van der Waals surface area contributed by atoms with Gasteiger partial charge in [0, 0.05) is 21.9 Å². The Labute approximate surface area is 306 Å². The minimum absolute atomic E-state index is 0.614. The molecular weight excluding hydrogens is 649 g/mol. The van der Waals surface area contributed by atoms with Crippen LogP contribution in [0, 0.1) is 0 Å². The molecule has 0 saturated carbocycles. The van der Waals surface area contributed by atoms with Crippen LogP contribution in [0.15, 0.2) is 182 Å². The molecule has 4 heteroatoms. The maximum atomic E-state index is 6.48. The summed E-state index contributed by atoms with van der Waals surface area (Å²) < 4.78 is 12.8. The van der Waals surface area contributed by atoms with Crippen LogP contribution in [0.2, 0.25) is 0 Å². The molecule has 0 radical (unpaired) electrons. The number of nitrogens with zero attached hydrogens (tertiary/aromatic N) is 2. The fraction of sp³-hybridized carbons (Fsp3) is 0.0204. The van der Waals surface area contributed by atoms with Gasteiger partial charge in [-0.2, -0.15) is 0 Å². The highest BCUT2D eigenvalue weighted by atomic mass is 16.6. The van der Waals surface area contributed by atoms with Crippen LogP contribution in [0.25, 0.3) is 55.4 Å². The largest absolute Gasteiger partial charge is 0.450 e. The molecule has 8 aromatic carbocycles. The molecule has 248 valence electrons. The molecule has 0 spiro atoms. The van der Waals surface area contributed by atoms with Crippen LogP contribution in [-0.2, 0) is 5.41 Å². The second-order valence-electron chi connectivity index (χ2n) is 13.7. The number of hydrogen-bond donors (Lipinski definition) is 0. The summed E-state index contributed by atoms with van der Waals surface area (Å²) in [7, 11) is 0. The van der Waals surface area contributed by atoms with Gasteiger partial charge in [0.1, 0.15) is 0 Å². The molecule has 2 aliphatic rings. The van der Waals surface area contributed by atoms with Crippen LogP contribution < -0.4 is 9.47 Å². The van der Waals surface area contributed by atoms with Gasteiger partial charge in [0.15, 0.2) is 28.8 Å². The van der Waals surface area contributed by atoms with Crippen LogP contribution in [-0.4, -0.2) is 9.97 Å². The second-order valence-corrected chi connectivity index (χ2v) is 13.7. The molecule has 0 unspecified atom stereocenters. The van der Waals surface area contributed by atoms with Gasteiger partial charge in [-0.15, -0.1) is 0 Å². The molecule has 0 bridgehead atoms. The fourth-order valence-corrected chi connectivity index (χ4v) is 8.46. The number of para-hydroxylation sites is 2. The summed E-state index contributed by atoms with van der Waals surface area (Å²) in [5, 5.41) is 3.30. The van der Waals surface area contributed by atoms with Crippen LogP contribution in [0.1, 0.15) is 22.3 Å². The normalized spacial score (nSPS) is 13.4. The molecule has 0 fully saturated rings. The molecule has 4 nitrogen and oxygen atoms in total. The van der Waals surface area contributed by atoms with E-state index in [1.165, 1.54) is 22.3 Å². The van der Waals surface area contributed by atoms with Crippen molar-refractivity contribution in [2.75, 3.05) is 0 Å². The molecule has 0 N–H and O–H groups in total. The van der Waals surface area contributed by atoms with E-state index in [0.29, 0.717) is 28.8 Å². The standard InChI is InChI=1S/C49H30N2O2/c1-2-13-32(14-3-1)46-39-28-24-31-12-4-5-15-36(31)47(39)51-48(50-46)33-22-25-34(26-23-33)49(40-18-8-6-16-37(40)38-17-7-9-19-41(38)49)35-27-29-44-45(30-35)53-43-21-11-10-20-42(43)52-44/h1-30H. The van der Waals surface area contributed by atoms with Crippen molar-refractivity contribution < 1.29 is 9.47 Å². The number of rotatable bonds is 4. The van der Waals surface area contributed by atoms with Gasteiger partial charge < -0.3 is 9.47 Å². The highest BCUT2D eigenvalue weighted by Gasteiger charge is 2.46. The highest BCUT2D eigenvalue weighted by molar-refractivity contribution is 6.09. The Morgan fingerprint density at radius 1 is 0.396 bits per heavy atom. The molecular formula is C49H30N2O2. The van der Waals surface area contributed by atoms with Gasteiger partial charge in [-0.3, -0.25) is 0 Å². The summed E-state index contributed by atoms with van der Waals surface area (Å²) in [6, 6.07) is 63.7. The van der Waals surface area contributed by atoms with Gasteiger partial charge in [0.05, 0.1) is 16.6 Å². The average molecular weight is 679 g/mol. The van der Waals surface area contributed by atoms with Gasteiger partial charge >= 0.3 is 0 Å². The third-order valence-electron chi connectivity index (χ3n) is 10.8. The van der Waals surface area contributed by atoms with Crippen molar-refractivity contribution in [1.82, 2.24) is 9.97 Å². The Kier molecular flexibility index (Phi) is 6.43. The molecule has 1 aliphatic carbocycles. The van der Waals surface area contributed by atoms with Crippen molar-refractivity contribution in [3.63, 3.8) is 0 Å². The summed E-state index contributed by atoms with van der Waals surface area (Å²) in [6.45, 7) is 0. The zero-order chi connectivity index (χ0) is 34.9. The summed E-state index contributed by atoms with van der Waals surface area (Å²) in [5.41, 5.74) is 10.4. The molecule has 11 rings (SSSR count). The van der Waals surface area contributed by atoms with E-state index in [4.69, 9.17) is 19.4 Å². The summed E-state index contributed by atoms with van der Waals surface area (Å²) in [4.78, 5) is 10.5. The smallest absolute Gasteiger partial charge is 0.170 e. The lowest BCUT2D eigenvalue weighted by atomic mass is 9.67. The Balaban J connectivity index is 1.12.